The van der Waals surface area contributed by atoms with Crippen LogP contribution in [0.3, 0.4) is 0 Å². The summed E-state index contributed by atoms with van der Waals surface area (Å²) < 4.78 is 16.7. The van der Waals surface area contributed by atoms with Gasteiger partial charge in [0.2, 0.25) is 5.91 Å². The number of aromatic nitrogens is 4. The third-order valence-corrected chi connectivity index (χ3v) is 6.09. The van der Waals surface area contributed by atoms with Crippen LogP contribution in [0.5, 0.6) is 0 Å². The summed E-state index contributed by atoms with van der Waals surface area (Å²) in [6.45, 7) is 2.11. The monoisotopic (exact) mass is 461 g/mol. The normalized spacial score (nSPS) is 14.1. The fraction of sp³-hybridized carbons (Fsp3) is 0.217. The average molecular weight is 461 g/mol. The van der Waals surface area contributed by atoms with Crippen LogP contribution in [-0.4, -0.2) is 65.9 Å². The number of carbonyl (C=O) groups excluding carboxylic acids is 1. The summed E-state index contributed by atoms with van der Waals surface area (Å²) in [7, 11) is 17.1. The molecule has 35 heavy (non-hydrogen) atoms. The number of halogens is 1. The average Bonchev–Trinajstić information content (AvgIpc) is 3.08. The second-order valence-corrected chi connectivity index (χ2v) is 8.62. The van der Waals surface area contributed by atoms with Gasteiger partial charge in [0.25, 0.3) is 0 Å². The highest BCUT2D eigenvalue weighted by Crippen LogP contribution is 2.35. The van der Waals surface area contributed by atoms with Crippen molar-refractivity contribution < 1.29 is 9.18 Å². The first-order valence-electron chi connectivity index (χ1n) is 10.9. The van der Waals surface area contributed by atoms with Crippen LogP contribution < -0.4 is 11.1 Å². The van der Waals surface area contributed by atoms with E-state index in [9.17, 15) is 4.79 Å². The summed E-state index contributed by atoms with van der Waals surface area (Å²) in [6, 6.07) is 7.13. The molecule has 0 bridgehead atoms. The minimum Gasteiger partial charge on any atom is -0.396 e. The summed E-state index contributed by atoms with van der Waals surface area (Å²) in [5.74, 6) is 0.157. The minimum atomic E-state index is -1.73. The molecule has 1 aliphatic heterocycles. The van der Waals surface area contributed by atoms with E-state index in [-0.39, 0.29) is 24.7 Å². The van der Waals surface area contributed by atoms with Gasteiger partial charge in [0.1, 0.15) is 12.4 Å². The molecule has 0 atom stereocenters. The summed E-state index contributed by atoms with van der Waals surface area (Å²) in [4.78, 5) is 22.2. The van der Waals surface area contributed by atoms with Crippen molar-refractivity contribution in [2.24, 2.45) is 0 Å². The number of amides is 1. The highest BCUT2D eigenvalue weighted by atomic mass is 19.1. The molecular formula is C23H19B3FN7O. The van der Waals surface area contributed by atoms with Gasteiger partial charge in [-0.3, -0.25) is 14.5 Å². The lowest BCUT2D eigenvalue weighted by molar-refractivity contribution is -0.131. The number of nitrogens with two attached hydrogens (primary N) is 1. The van der Waals surface area contributed by atoms with Crippen LogP contribution in [0.15, 0.2) is 42.9 Å². The van der Waals surface area contributed by atoms with Gasteiger partial charge in [0.15, 0.2) is 11.6 Å². The van der Waals surface area contributed by atoms with Gasteiger partial charge in [-0.05, 0) is 36.1 Å². The Morgan fingerprint density at radius 1 is 1.14 bits per heavy atom. The Kier molecular flexibility index (Phi) is 5.54. The molecule has 0 unspecified atom stereocenters. The maximum absolute atomic E-state index is 15.1. The molecule has 6 radical (unpaired) electrons. The number of benzene rings is 1. The van der Waals surface area contributed by atoms with Crippen LogP contribution >= 0.6 is 0 Å². The lowest BCUT2D eigenvalue weighted by atomic mass is 9.48. The molecule has 4 heterocycles. The zero-order valence-electron chi connectivity index (χ0n) is 19.0. The number of aryl methyl sites for hydroxylation is 1. The van der Waals surface area contributed by atoms with Crippen molar-refractivity contribution in [3.63, 3.8) is 0 Å². The second-order valence-electron chi connectivity index (χ2n) is 8.62. The molecule has 3 aromatic heterocycles. The third-order valence-electron chi connectivity index (χ3n) is 6.09. The van der Waals surface area contributed by atoms with Crippen LogP contribution in [0.4, 0.5) is 21.7 Å². The smallest absolute Gasteiger partial charge is 0.242 e. The number of carbonyl (C=O) groups is 1. The van der Waals surface area contributed by atoms with Gasteiger partial charge in [-0.2, -0.15) is 5.10 Å². The minimum absolute atomic E-state index is 0.0207. The van der Waals surface area contributed by atoms with Crippen molar-refractivity contribution in [3.05, 3.63) is 59.9 Å². The molecule has 4 aromatic rings. The van der Waals surface area contributed by atoms with E-state index in [0.717, 1.165) is 11.3 Å². The summed E-state index contributed by atoms with van der Waals surface area (Å²) >= 11 is 0. The molecule has 1 aliphatic rings. The Balaban J connectivity index is 1.45. The standard InChI is InChI=1S/C23H19B3FN7O/c1-12-2-4-29-9-16(12)15-6-13-7-18(30-10-17(13)22(28)21(15)27)31-19-8-14-3-5-33(23(24,25)26)20(35)11-34(14)32-19/h2,4,6-10H,3,5,11,28H2,1H3,(H,30,31,32). The largest absolute Gasteiger partial charge is 0.396 e. The Bertz CT molecular complexity index is 1470. The van der Waals surface area contributed by atoms with Crippen LogP contribution in [0.25, 0.3) is 21.9 Å². The predicted octanol–water partition coefficient (Wildman–Crippen LogP) is 1.77. The number of nitrogen functional groups attached to an aromatic ring is 1. The summed E-state index contributed by atoms with van der Waals surface area (Å²) in [5, 5.41) is 7.08. The molecule has 1 aromatic carbocycles. The molecule has 0 saturated heterocycles. The molecule has 1 amide bonds. The van der Waals surface area contributed by atoms with Crippen molar-refractivity contribution in [2.45, 2.75) is 25.1 Å². The van der Waals surface area contributed by atoms with Gasteiger partial charge in [0.05, 0.1) is 29.2 Å². The van der Waals surface area contributed by atoms with Crippen molar-refractivity contribution in [2.75, 3.05) is 17.6 Å². The summed E-state index contributed by atoms with van der Waals surface area (Å²) in [5.41, 5.74) is 8.86. The fourth-order valence-corrected chi connectivity index (χ4v) is 4.27. The number of hydrogen-bond acceptors (Lipinski definition) is 6. The SMILES string of the molecule is [B]C([B])([B])N1CCc2cc(Nc3cc4cc(-c5cnccc5C)c(F)c(N)c4cn3)nn2CC1=O. The van der Waals surface area contributed by atoms with E-state index in [4.69, 9.17) is 29.3 Å². The van der Waals surface area contributed by atoms with Crippen LogP contribution in [0, 0.1) is 12.7 Å². The lowest BCUT2D eigenvalue weighted by Crippen LogP contribution is -2.54. The van der Waals surface area contributed by atoms with Crippen molar-refractivity contribution in [1.29, 1.82) is 0 Å². The molecule has 3 N–H and O–H groups in total. The molecule has 5 rings (SSSR count). The lowest BCUT2D eigenvalue weighted by Gasteiger charge is -2.36. The van der Waals surface area contributed by atoms with E-state index < -0.39 is 11.1 Å². The van der Waals surface area contributed by atoms with Crippen molar-refractivity contribution >= 4 is 57.5 Å². The molecular weight excluding hydrogens is 442 g/mol. The Labute approximate surface area is 205 Å². The molecule has 8 nitrogen and oxygen atoms in total. The number of rotatable bonds is 4. The predicted molar refractivity (Wildman–Crippen MR) is 135 cm³/mol. The Hall–Kier alpha value is -3.82. The summed E-state index contributed by atoms with van der Waals surface area (Å²) in [6.07, 6.45) is 5.26. The van der Waals surface area contributed by atoms with Gasteiger partial charge in [-0.25, -0.2) is 9.37 Å². The van der Waals surface area contributed by atoms with Crippen LogP contribution in [0.2, 0.25) is 0 Å². The third kappa shape index (κ3) is 4.24. The first-order chi connectivity index (χ1) is 16.6. The maximum atomic E-state index is 15.1. The Morgan fingerprint density at radius 3 is 2.69 bits per heavy atom. The van der Waals surface area contributed by atoms with Crippen molar-refractivity contribution in [3.8, 4) is 11.1 Å². The van der Waals surface area contributed by atoms with E-state index in [0.29, 0.717) is 40.0 Å². The van der Waals surface area contributed by atoms with Gasteiger partial charge < -0.3 is 16.0 Å². The molecule has 0 aliphatic carbocycles. The van der Waals surface area contributed by atoms with Gasteiger partial charge in [0, 0.05) is 59.8 Å². The number of pyridine rings is 2. The van der Waals surface area contributed by atoms with Crippen LogP contribution in [-0.2, 0) is 17.8 Å². The number of nitrogens with zero attached hydrogens (tertiary/aromatic N) is 5. The van der Waals surface area contributed by atoms with Gasteiger partial charge in [-0.1, -0.05) is 5.24 Å². The maximum Gasteiger partial charge on any atom is 0.242 e. The quantitative estimate of drug-likeness (QED) is 0.355. The molecule has 0 saturated carbocycles. The topological polar surface area (TPSA) is 102 Å². The molecule has 12 heteroatoms. The fourth-order valence-electron chi connectivity index (χ4n) is 4.27. The zero-order chi connectivity index (χ0) is 24.9. The molecule has 0 spiro atoms. The molecule has 0 fully saturated rings. The van der Waals surface area contributed by atoms with Gasteiger partial charge in [-0.15, -0.1) is 0 Å². The number of fused-ring (bicyclic) bond motifs is 2. The van der Waals surface area contributed by atoms with E-state index in [1.54, 1.807) is 29.2 Å². The van der Waals surface area contributed by atoms with Crippen molar-refractivity contribution in [1.82, 2.24) is 24.6 Å². The number of nitrogens with one attached hydrogen (secondary N) is 1. The number of anilines is 3. The highest BCUT2D eigenvalue weighted by Gasteiger charge is 2.29. The first-order valence-corrected chi connectivity index (χ1v) is 10.9. The van der Waals surface area contributed by atoms with E-state index in [2.05, 4.69) is 20.4 Å². The zero-order valence-corrected chi connectivity index (χ0v) is 19.0. The van der Waals surface area contributed by atoms with Crippen LogP contribution in [0.1, 0.15) is 11.3 Å². The number of hydrogen-bond donors (Lipinski definition) is 2. The molecule has 168 valence electrons. The van der Waals surface area contributed by atoms with E-state index >= 15 is 4.39 Å². The Morgan fingerprint density at radius 2 is 1.94 bits per heavy atom. The second kappa shape index (κ2) is 8.44. The van der Waals surface area contributed by atoms with E-state index in [1.807, 2.05) is 19.1 Å². The first kappa shape index (κ1) is 23.0. The van der Waals surface area contributed by atoms with E-state index in [1.165, 1.54) is 11.1 Å². The highest BCUT2D eigenvalue weighted by molar-refractivity contribution is 6.59. The van der Waals surface area contributed by atoms with Gasteiger partial charge >= 0.3 is 0 Å².